The summed E-state index contributed by atoms with van der Waals surface area (Å²) in [5, 5.41) is 12.0. The van der Waals surface area contributed by atoms with Gasteiger partial charge in [-0.05, 0) is 18.1 Å². The van der Waals surface area contributed by atoms with E-state index in [0.717, 1.165) is 9.91 Å². The van der Waals surface area contributed by atoms with Gasteiger partial charge < -0.3 is 0 Å². The summed E-state index contributed by atoms with van der Waals surface area (Å²) >= 11 is 1.29. The van der Waals surface area contributed by atoms with E-state index < -0.39 is 23.8 Å². The Labute approximate surface area is 161 Å². The average Bonchev–Trinajstić information content (AvgIpc) is 3.21. The number of fused-ring (bicyclic) bond motifs is 1. The van der Waals surface area contributed by atoms with Crippen LogP contribution in [0, 0.1) is 5.92 Å². The van der Waals surface area contributed by atoms with Gasteiger partial charge in [0.15, 0.2) is 0 Å². The molecule has 0 unspecified atom stereocenters. The van der Waals surface area contributed by atoms with Crippen LogP contribution >= 0.6 is 11.3 Å². The summed E-state index contributed by atoms with van der Waals surface area (Å²) in [4.78, 5) is 39.7. The first kappa shape index (κ1) is 19.2. The average molecular weight is 386 g/mol. The molecule has 2 aromatic rings. The van der Waals surface area contributed by atoms with Crippen LogP contribution < -0.4 is 5.32 Å². The highest BCUT2D eigenvalue weighted by Gasteiger charge is 2.44. The van der Waals surface area contributed by atoms with Crippen LogP contribution in [-0.2, 0) is 4.79 Å². The molecule has 7 nitrogen and oxygen atoms in total. The summed E-state index contributed by atoms with van der Waals surface area (Å²) in [6.45, 7) is 7.76. The molecule has 1 N–H and O–H groups in total. The topological polar surface area (TPSA) is 92.3 Å². The number of carbonyl (C=O) groups excluding carboxylic acids is 3. The third kappa shape index (κ3) is 3.49. The molecule has 142 valence electrons. The van der Waals surface area contributed by atoms with Crippen molar-refractivity contribution in [2.75, 3.05) is 5.32 Å². The maximum atomic E-state index is 13.0. The molecule has 0 saturated heterocycles. The zero-order chi connectivity index (χ0) is 19.7. The molecule has 3 amide bonds. The summed E-state index contributed by atoms with van der Waals surface area (Å²) in [6.07, 6.45) is 0.638. The Morgan fingerprint density at radius 1 is 1.11 bits per heavy atom. The molecule has 2 heterocycles. The Morgan fingerprint density at radius 2 is 1.70 bits per heavy atom. The normalized spacial score (nSPS) is 15.8. The zero-order valence-corrected chi connectivity index (χ0v) is 16.5. The molecule has 0 spiro atoms. The van der Waals surface area contributed by atoms with Crippen molar-refractivity contribution in [3.63, 3.8) is 0 Å². The Balaban J connectivity index is 1.89. The number of anilines is 1. The van der Waals surface area contributed by atoms with Gasteiger partial charge in [-0.1, -0.05) is 57.6 Å². The fourth-order valence-electron chi connectivity index (χ4n) is 3.01. The van der Waals surface area contributed by atoms with E-state index in [0.29, 0.717) is 22.7 Å². The first-order valence-electron chi connectivity index (χ1n) is 8.96. The van der Waals surface area contributed by atoms with Crippen LogP contribution in [0.2, 0.25) is 0 Å². The second kappa shape index (κ2) is 7.56. The van der Waals surface area contributed by atoms with E-state index in [-0.39, 0.29) is 11.8 Å². The summed E-state index contributed by atoms with van der Waals surface area (Å²) in [5.41, 5.74) is 0.670. The highest BCUT2D eigenvalue weighted by molar-refractivity contribution is 7.15. The second-order valence-electron chi connectivity index (χ2n) is 6.95. The number of hydrogen-bond acceptors (Lipinski definition) is 6. The predicted octanol–water partition coefficient (Wildman–Crippen LogP) is 3.31. The quantitative estimate of drug-likeness (QED) is 0.769. The first-order chi connectivity index (χ1) is 12.8. The van der Waals surface area contributed by atoms with E-state index in [1.165, 1.54) is 11.3 Å². The fourth-order valence-corrected chi connectivity index (χ4v) is 3.76. The van der Waals surface area contributed by atoms with Crippen LogP contribution in [-0.4, -0.2) is 38.9 Å². The van der Waals surface area contributed by atoms with E-state index in [4.69, 9.17) is 0 Å². The zero-order valence-electron chi connectivity index (χ0n) is 15.7. The van der Waals surface area contributed by atoms with Crippen molar-refractivity contribution in [3.05, 3.63) is 40.4 Å². The number of nitrogens with zero attached hydrogens (tertiary/aromatic N) is 3. The van der Waals surface area contributed by atoms with Gasteiger partial charge in [-0.15, -0.1) is 10.2 Å². The van der Waals surface area contributed by atoms with Gasteiger partial charge >= 0.3 is 0 Å². The van der Waals surface area contributed by atoms with Crippen LogP contribution in [0.4, 0.5) is 5.13 Å². The van der Waals surface area contributed by atoms with Gasteiger partial charge in [0.2, 0.25) is 11.0 Å². The molecule has 2 atom stereocenters. The first-order valence-corrected chi connectivity index (χ1v) is 9.78. The van der Waals surface area contributed by atoms with Gasteiger partial charge in [0.25, 0.3) is 11.8 Å². The van der Waals surface area contributed by atoms with Crippen molar-refractivity contribution < 1.29 is 14.4 Å². The largest absolute Gasteiger partial charge is 0.299 e. The lowest BCUT2D eigenvalue weighted by Crippen LogP contribution is -2.50. The number of amides is 3. The minimum atomic E-state index is -0.909. The smallest absolute Gasteiger partial charge is 0.262 e. The van der Waals surface area contributed by atoms with Crippen molar-refractivity contribution in [2.24, 2.45) is 5.92 Å². The summed E-state index contributed by atoms with van der Waals surface area (Å²) in [7, 11) is 0. The van der Waals surface area contributed by atoms with Gasteiger partial charge in [0.1, 0.15) is 11.0 Å². The lowest BCUT2D eigenvalue weighted by Gasteiger charge is -2.29. The third-order valence-electron chi connectivity index (χ3n) is 4.72. The van der Waals surface area contributed by atoms with E-state index in [1.54, 1.807) is 24.3 Å². The van der Waals surface area contributed by atoms with Gasteiger partial charge in [0, 0.05) is 5.92 Å². The summed E-state index contributed by atoms with van der Waals surface area (Å²) < 4.78 is 0. The molecule has 0 aliphatic carbocycles. The number of rotatable bonds is 6. The number of hydrogen-bond donors (Lipinski definition) is 1. The van der Waals surface area contributed by atoms with Gasteiger partial charge in [0.05, 0.1) is 11.1 Å². The molecule has 27 heavy (non-hydrogen) atoms. The molecule has 0 saturated carbocycles. The second-order valence-corrected chi connectivity index (χ2v) is 7.95. The Kier molecular flexibility index (Phi) is 5.36. The van der Waals surface area contributed by atoms with Crippen molar-refractivity contribution in [1.29, 1.82) is 0 Å². The molecule has 0 fully saturated rings. The third-order valence-corrected chi connectivity index (χ3v) is 5.86. The monoisotopic (exact) mass is 386 g/mol. The SMILES string of the molecule is CC[C@H](C)[C@@H](C(=O)Nc1nnc(C(C)C)s1)N1C(=O)c2ccccc2C1=O. The minimum absolute atomic E-state index is 0.203. The van der Waals surface area contributed by atoms with Crippen molar-refractivity contribution in [2.45, 2.75) is 46.1 Å². The predicted molar refractivity (Wildman–Crippen MR) is 103 cm³/mol. The van der Waals surface area contributed by atoms with Gasteiger partial charge in [-0.25, -0.2) is 0 Å². The van der Waals surface area contributed by atoms with Crippen LogP contribution in [0.25, 0.3) is 0 Å². The van der Waals surface area contributed by atoms with Crippen LogP contribution in [0.15, 0.2) is 24.3 Å². The Bertz CT molecular complexity index is 858. The number of benzene rings is 1. The number of aromatic nitrogens is 2. The standard InChI is InChI=1S/C19H22N4O3S/c1-5-11(4)14(15(24)20-19-22-21-16(27-19)10(2)3)23-17(25)12-8-6-7-9-13(12)18(23)26/h6-11,14H,5H2,1-4H3,(H,20,22,24)/t11-,14-/m0/s1. The van der Waals surface area contributed by atoms with E-state index in [2.05, 4.69) is 15.5 Å². The van der Waals surface area contributed by atoms with E-state index in [1.807, 2.05) is 27.7 Å². The molecule has 0 bridgehead atoms. The summed E-state index contributed by atoms with van der Waals surface area (Å²) in [5.74, 6) is -1.29. The van der Waals surface area contributed by atoms with Gasteiger partial charge in [-0.2, -0.15) is 0 Å². The van der Waals surface area contributed by atoms with E-state index >= 15 is 0 Å². The maximum Gasteiger partial charge on any atom is 0.262 e. The van der Waals surface area contributed by atoms with Crippen LogP contribution in [0.3, 0.4) is 0 Å². The molecule has 1 aliphatic rings. The van der Waals surface area contributed by atoms with Crippen molar-refractivity contribution in [3.8, 4) is 0 Å². The van der Waals surface area contributed by atoms with Crippen LogP contribution in [0.5, 0.6) is 0 Å². The fraction of sp³-hybridized carbons (Fsp3) is 0.421. The lowest BCUT2D eigenvalue weighted by molar-refractivity contribution is -0.121. The molecular formula is C19H22N4O3S. The Morgan fingerprint density at radius 3 is 2.19 bits per heavy atom. The molecule has 0 radical (unpaired) electrons. The van der Waals surface area contributed by atoms with Crippen LogP contribution in [0.1, 0.15) is 65.8 Å². The highest BCUT2D eigenvalue weighted by Crippen LogP contribution is 2.29. The molecule has 1 aromatic carbocycles. The molecule has 1 aromatic heterocycles. The number of imide groups is 1. The van der Waals surface area contributed by atoms with Crippen molar-refractivity contribution >= 4 is 34.2 Å². The number of carbonyl (C=O) groups is 3. The minimum Gasteiger partial charge on any atom is -0.299 e. The highest BCUT2D eigenvalue weighted by atomic mass is 32.1. The maximum absolute atomic E-state index is 13.0. The molecule has 3 rings (SSSR count). The molecule has 1 aliphatic heterocycles. The van der Waals surface area contributed by atoms with Crippen molar-refractivity contribution in [1.82, 2.24) is 15.1 Å². The van der Waals surface area contributed by atoms with E-state index in [9.17, 15) is 14.4 Å². The number of nitrogens with one attached hydrogen (secondary N) is 1. The Hall–Kier alpha value is -2.61. The molecular weight excluding hydrogens is 364 g/mol. The lowest BCUT2D eigenvalue weighted by atomic mass is 9.96. The van der Waals surface area contributed by atoms with Gasteiger partial charge in [-0.3, -0.25) is 24.6 Å². The summed E-state index contributed by atoms with van der Waals surface area (Å²) in [6, 6.07) is 5.73. The molecule has 8 heteroatoms.